The lowest BCUT2D eigenvalue weighted by atomic mass is 9.92. The number of phenolic OH excluding ortho intramolecular Hbond substituents is 1. The second-order valence-electron chi connectivity index (χ2n) is 7.19. The number of benzene rings is 2. The molecule has 26 heavy (non-hydrogen) atoms. The van der Waals surface area contributed by atoms with Crippen LogP contribution in [0.1, 0.15) is 36.8 Å². The van der Waals surface area contributed by atoms with E-state index >= 15 is 0 Å². The van der Waals surface area contributed by atoms with Gasteiger partial charge in [-0.3, -0.25) is 0 Å². The van der Waals surface area contributed by atoms with Crippen LogP contribution in [0.5, 0.6) is 5.75 Å². The summed E-state index contributed by atoms with van der Waals surface area (Å²) >= 11 is 0. The van der Waals surface area contributed by atoms with Crippen LogP contribution in [0.2, 0.25) is 0 Å². The molecule has 2 heterocycles. The van der Waals surface area contributed by atoms with E-state index in [0.29, 0.717) is 11.8 Å². The van der Waals surface area contributed by atoms with Crippen LogP contribution in [0.3, 0.4) is 0 Å². The first-order valence-corrected chi connectivity index (χ1v) is 9.56. The fourth-order valence-electron chi connectivity index (χ4n) is 3.95. The van der Waals surface area contributed by atoms with E-state index in [1.165, 1.54) is 41.3 Å². The number of hydrogen-bond acceptors (Lipinski definition) is 2. The Labute approximate surface area is 154 Å². The smallest absolute Gasteiger partial charge is 0.117 e. The summed E-state index contributed by atoms with van der Waals surface area (Å²) in [6, 6.07) is 16.9. The predicted octanol–water partition coefficient (Wildman–Crippen LogP) is 5.03. The summed E-state index contributed by atoms with van der Waals surface area (Å²) in [6.07, 6.45) is 10.2. The molecule has 0 fully saturated rings. The summed E-state index contributed by atoms with van der Waals surface area (Å²) in [6.45, 7) is 0.973. The molecule has 0 spiro atoms. The van der Waals surface area contributed by atoms with E-state index in [1.807, 2.05) is 6.07 Å². The molecule has 3 N–H and O–H groups in total. The van der Waals surface area contributed by atoms with Gasteiger partial charge in [0.15, 0.2) is 0 Å². The van der Waals surface area contributed by atoms with Crippen LogP contribution in [0, 0.1) is 0 Å². The molecule has 1 atom stereocenters. The van der Waals surface area contributed by atoms with Gasteiger partial charge in [-0.05, 0) is 54.5 Å². The van der Waals surface area contributed by atoms with Crippen molar-refractivity contribution in [2.75, 3.05) is 6.54 Å². The SMILES string of the molecule is Oc1ccc2c(CCCCC3CC(c4ccccc4)=CCN3)c[nH]c2c1. The number of unbranched alkanes of at least 4 members (excludes halogenated alkanes) is 1. The fraction of sp³-hybridized carbons (Fsp3) is 0.304. The molecule has 0 radical (unpaired) electrons. The highest BCUT2D eigenvalue weighted by Gasteiger charge is 2.15. The number of H-pyrrole nitrogens is 1. The van der Waals surface area contributed by atoms with Crippen LogP contribution >= 0.6 is 0 Å². The van der Waals surface area contributed by atoms with Gasteiger partial charge >= 0.3 is 0 Å². The summed E-state index contributed by atoms with van der Waals surface area (Å²) < 4.78 is 0. The van der Waals surface area contributed by atoms with Crippen molar-refractivity contribution in [2.24, 2.45) is 0 Å². The molecule has 2 aromatic carbocycles. The van der Waals surface area contributed by atoms with Gasteiger partial charge in [-0.2, -0.15) is 0 Å². The maximum absolute atomic E-state index is 9.57. The third-order valence-electron chi connectivity index (χ3n) is 5.37. The highest BCUT2D eigenvalue weighted by atomic mass is 16.3. The van der Waals surface area contributed by atoms with Crippen molar-refractivity contribution in [1.82, 2.24) is 10.3 Å². The first-order chi connectivity index (χ1) is 12.8. The monoisotopic (exact) mass is 346 g/mol. The molecule has 0 saturated carbocycles. The normalized spacial score (nSPS) is 17.4. The lowest BCUT2D eigenvalue weighted by Crippen LogP contribution is -2.32. The number of hydrogen-bond donors (Lipinski definition) is 3. The maximum atomic E-state index is 9.57. The van der Waals surface area contributed by atoms with E-state index in [2.05, 4.69) is 52.9 Å². The fourth-order valence-corrected chi connectivity index (χ4v) is 3.95. The van der Waals surface area contributed by atoms with Gasteiger partial charge < -0.3 is 15.4 Å². The van der Waals surface area contributed by atoms with Gasteiger partial charge in [0.05, 0.1) is 0 Å². The molecule has 0 aliphatic carbocycles. The Hall–Kier alpha value is -2.52. The third-order valence-corrected chi connectivity index (χ3v) is 5.37. The van der Waals surface area contributed by atoms with Crippen molar-refractivity contribution < 1.29 is 5.11 Å². The number of aromatic amines is 1. The zero-order chi connectivity index (χ0) is 17.8. The Morgan fingerprint density at radius 2 is 1.92 bits per heavy atom. The molecule has 134 valence electrons. The third kappa shape index (κ3) is 3.83. The highest BCUT2D eigenvalue weighted by Crippen LogP contribution is 2.26. The molecule has 3 nitrogen and oxygen atoms in total. The topological polar surface area (TPSA) is 48.0 Å². The van der Waals surface area contributed by atoms with E-state index < -0.39 is 0 Å². The molecule has 1 unspecified atom stereocenters. The second-order valence-corrected chi connectivity index (χ2v) is 7.19. The molecule has 0 saturated heterocycles. The van der Waals surface area contributed by atoms with E-state index in [-0.39, 0.29) is 0 Å². The lowest BCUT2D eigenvalue weighted by Gasteiger charge is -2.24. The Bertz CT molecular complexity index is 895. The summed E-state index contributed by atoms with van der Waals surface area (Å²) in [4.78, 5) is 3.26. The molecular formula is C23H26N2O. The summed E-state index contributed by atoms with van der Waals surface area (Å²) in [5.74, 6) is 0.316. The van der Waals surface area contributed by atoms with Crippen LogP contribution in [0.4, 0.5) is 0 Å². The van der Waals surface area contributed by atoms with Crippen molar-refractivity contribution in [3.8, 4) is 5.75 Å². The van der Waals surface area contributed by atoms with Crippen LogP contribution in [0.25, 0.3) is 16.5 Å². The number of aromatic nitrogens is 1. The molecule has 3 aromatic rings. The summed E-state index contributed by atoms with van der Waals surface area (Å²) in [7, 11) is 0. The van der Waals surface area contributed by atoms with Gasteiger partial charge in [-0.15, -0.1) is 0 Å². The summed E-state index contributed by atoms with van der Waals surface area (Å²) in [5, 5.41) is 14.4. The predicted molar refractivity (Wildman–Crippen MR) is 108 cm³/mol. The number of aromatic hydroxyl groups is 1. The van der Waals surface area contributed by atoms with Gasteiger partial charge in [0.2, 0.25) is 0 Å². The second kappa shape index (κ2) is 7.79. The van der Waals surface area contributed by atoms with Crippen LogP contribution in [0.15, 0.2) is 60.8 Å². The van der Waals surface area contributed by atoms with E-state index in [4.69, 9.17) is 0 Å². The number of phenols is 1. The minimum atomic E-state index is 0.316. The van der Waals surface area contributed by atoms with Crippen molar-refractivity contribution in [1.29, 1.82) is 0 Å². The maximum Gasteiger partial charge on any atom is 0.117 e. The molecule has 3 heteroatoms. The first-order valence-electron chi connectivity index (χ1n) is 9.56. The Morgan fingerprint density at radius 1 is 1.04 bits per heavy atom. The van der Waals surface area contributed by atoms with E-state index in [9.17, 15) is 5.11 Å². The standard InChI is InChI=1S/C23H26N2O/c26-21-10-11-22-19(16-25-23(22)15-21)8-4-5-9-20-14-18(12-13-24-20)17-6-2-1-3-7-17/h1-3,6-7,10-12,15-16,20,24-26H,4-5,8-9,13-14H2. The van der Waals surface area contributed by atoms with Crippen molar-refractivity contribution in [3.63, 3.8) is 0 Å². The van der Waals surface area contributed by atoms with Crippen molar-refractivity contribution in [2.45, 2.75) is 38.1 Å². The number of rotatable bonds is 6. The van der Waals surface area contributed by atoms with Crippen LogP contribution < -0.4 is 5.32 Å². The van der Waals surface area contributed by atoms with E-state index in [0.717, 1.165) is 24.9 Å². The van der Waals surface area contributed by atoms with Gasteiger partial charge in [-0.1, -0.05) is 42.8 Å². The molecule has 0 amide bonds. The zero-order valence-corrected chi connectivity index (χ0v) is 15.0. The van der Waals surface area contributed by atoms with Crippen molar-refractivity contribution >= 4 is 16.5 Å². The quantitative estimate of drug-likeness (QED) is 0.548. The Kier molecular flexibility index (Phi) is 5.07. The average molecular weight is 346 g/mol. The van der Waals surface area contributed by atoms with Gasteiger partial charge in [0.1, 0.15) is 5.75 Å². The zero-order valence-electron chi connectivity index (χ0n) is 15.0. The average Bonchev–Trinajstić information content (AvgIpc) is 3.08. The number of nitrogens with one attached hydrogen (secondary N) is 2. The minimum absolute atomic E-state index is 0.316. The highest BCUT2D eigenvalue weighted by molar-refractivity contribution is 5.84. The molecule has 1 aromatic heterocycles. The Morgan fingerprint density at radius 3 is 2.81 bits per heavy atom. The molecule has 0 bridgehead atoms. The van der Waals surface area contributed by atoms with Crippen LogP contribution in [-0.4, -0.2) is 22.7 Å². The number of aryl methyl sites for hydroxylation is 1. The first kappa shape index (κ1) is 16.9. The minimum Gasteiger partial charge on any atom is -0.508 e. The Balaban J connectivity index is 1.28. The molecule has 4 rings (SSSR count). The van der Waals surface area contributed by atoms with Crippen LogP contribution in [-0.2, 0) is 6.42 Å². The molecular weight excluding hydrogens is 320 g/mol. The molecule has 1 aliphatic rings. The largest absolute Gasteiger partial charge is 0.508 e. The molecule has 1 aliphatic heterocycles. The van der Waals surface area contributed by atoms with Gasteiger partial charge in [0, 0.05) is 35.8 Å². The van der Waals surface area contributed by atoms with Gasteiger partial charge in [0.25, 0.3) is 0 Å². The van der Waals surface area contributed by atoms with Gasteiger partial charge in [-0.25, -0.2) is 0 Å². The summed E-state index contributed by atoms with van der Waals surface area (Å²) in [5.41, 5.74) is 5.21. The number of fused-ring (bicyclic) bond motifs is 1. The van der Waals surface area contributed by atoms with Crippen molar-refractivity contribution in [3.05, 3.63) is 71.9 Å². The lowest BCUT2D eigenvalue weighted by molar-refractivity contribution is 0.476. The van der Waals surface area contributed by atoms with E-state index in [1.54, 1.807) is 12.1 Å².